The van der Waals surface area contributed by atoms with Crippen LogP contribution >= 0.6 is 0 Å². The third-order valence-corrected chi connectivity index (χ3v) is 6.89. The van der Waals surface area contributed by atoms with Gasteiger partial charge in [-0.15, -0.1) is 0 Å². The minimum atomic E-state index is -0.0691. The molecule has 0 saturated carbocycles. The van der Waals surface area contributed by atoms with E-state index in [1.807, 2.05) is 24.3 Å². The highest BCUT2D eigenvalue weighted by Gasteiger charge is 2.42. The van der Waals surface area contributed by atoms with E-state index < -0.39 is 0 Å². The van der Waals surface area contributed by atoms with Gasteiger partial charge in [0.1, 0.15) is 12.3 Å². The van der Waals surface area contributed by atoms with E-state index in [2.05, 4.69) is 48.1 Å². The Morgan fingerprint density at radius 3 is 2.03 bits per heavy atom. The van der Waals surface area contributed by atoms with Gasteiger partial charge in [0.25, 0.3) is 0 Å². The molecule has 2 N–H and O–H groups in total. The van der Waals surface area contributed by atoms with E-state index >= 15 is 0 Å². The van der Waals surface area contributed by atoms with Crippen LogP contribution in [0.4, 0.5) is 11.4 Å². The zero-order valence-electron chi connectivity index (χ0n) is 18.0. The van der Waals surface area contributed by atoms with Crippen LogP contribution in [-0.2, 0) is 0 Å². The Kier molecular flexibility index (Phi) is 4.45. The van der Waals surface area contributed by atoms with Gasteiger partial charge in [0.05, 0.1) is 16.9 Å². The summed E-state index contributed by atoms with van der Waals surface area (Å²) >= 11 is 0. The number of rotatable bonds is 6. The fourth-order valence-electron chi connectivity index (χ4n) is 5.23. The molecule has 4 aliphatic heterocycles. The topological polar surface area (TPSA) is 64.7 Å². The maximum Gasteiger partial charge on any atom is 0.196 e. The molecule has 1 aliphatic carbocycles. The van der Waals surface area contributed by atoms with E-state index in [0.717, 1.165) is 48.7 Å². The summed E-state index contributed by atoms with van der Waals surface area (Å²) < 4.78 is 0. The quantitative estimate of drug-likeness (QED) is 0.648. The third-order valence-electron chi connectivity index (χ3n) is 6.89. The van der Waals surface area contributed by atoms with Gasteiger partial charge in [-0.1, -0.05) is 33.8 Å². The predicted octanol–water partition coefficient (Wildman–Crippen LogP) is 3.99. The number of benzene rings is 2. The van der Waals surface area contributed by atoms with Crippen LogP contribution in [0.1, 0.15) is 83.0 Å². The Bertz CT molecular complexity index is 1070. The second-order valence-corrected chi connectivity index (χ2v) is 8.14. The lowest BCUT2D eigenvalue weighted by atomic mass is 9.80. The summed E-state index contributed by atoms with van der Waals surface area (Å²) in [5, 5.41) is 7.36. The van der Waals surface area contributed by atoms with Gasteiger partial charge in [0.15, 0.2) is 11.6 Å². The molecule has 2 unspecified atom stereocenters. The van der Waals surface area contributed by atoms with Crippen molar-refractivity contribution in [1.82, 2.24) is 9.80 Å². The Morgan fingerprint density at radius 1 is 0.733 bits per heavy atom. The lowest BCUT2D eigenvalue weighted by Crippen LogP contribution is -2.35. The minimum absolute atomic E-state index is 0.0438. The fourth-order valence-corrected chi connectivity index (χ4v) is 5.23. The molecule has 6 nitrogen and oxygen atoms in total. The molecule has 2 atom stereocenters. The zero-order valence-corrected chi connectivity index (χ0v) is 18.0. The molecule has 0 aromatic heterocycles. The number of carbonyl (C=O) groups is 2. The summed E-state index contributed by atoms with van der Waals surface area (Å²) in [5.41, 5.74) is 5.89. The van der Waals surface area contributed by atoms with Crippen molar-refractivity contribution in [3.63, 3.8) is 0 Å². The number of fused-ring (bicyclic) bond motifs is 1. The number of carbonyl (C=O) groups excluding carboxylic acids is 2. The molecule has 156 valence electrons. The highest BCUT2D eigenvalue weighted by Crippen LogP contribution is 2.50. The molecular weight excluding hydrogens is 376 g/mol. The molecule has 5 aliphatic rings. The van der Waals surface area contributed by atoms with Gasteiger partial charge >= 0.3 is 0 Å². The number of ketones is 2. The summed E-state index contributed by atoms with van der Waals surface area (Å²) in [4.78, 5) is 31.6. The Hall–Kier alpha value is -2.70. The van der Waals surface area contributed by atoms with Gasteiger partial charge in [-0.05, 0) is 49.9 Å². The van der Waals surface area contributed by atoms with Crippen LogP contribution in [0.3, 0.4) is 0 Å². The first-order valence-electron chi connectivity index (χ1n) is 11.0. The molecule has 0 fully saturated rings. The first-order valence-corrected chi connectivity index (χ1v) is 11.0. The van der Waals surface area contributed by atoms with Crippen LogP contribution in [0, 0.1) is 0 Å². The summed E-state index contributed by atoms with van der Waals surface area (Å²) in [7, 11) is 0. The number of hydrogen-bond donors (Lipinski definition) is 2. The summed E-state index contributed by atoms with van der Waals surface area (Å²) in [5.74, 6) is -0.109. The normalized spacial score (nSPS) is 20.5. The average molecular weight is 405 g/mol. The van der Waals surface area contributed by atoms with Crippen molar-refractivity contribution in [2.75, 3.05) is 36.8 Å². The van der Waals surface area contributed by atoms with Gasteiger partial charge in [-0.2, -0.15) is 0 Å². The van der Waals surface area contributed by atoms with Crippen molar-refractivity contribution in [1.29, 1.82) is 0 Å². The second-order valence-electron chi connectivity index (χ2n) is 8.14. The van der Waals surface area contributed by atoms with E-state index in [9.17, 15) is 9.59 Å². The van der Waals surface area contributed by atoms with Gasteiger partial charge in [-0.25, -0.2) is 0 Å². The molecule has 0 amide bonds. The van der Waals surface area contributed by atoms with Gasteiger partial charge < -0.3 is 10.6 Å². The van der Waals surface area contributed by atoms with Crippen molar-refractivity contribution in [3.05, 3.63) is 57.6 Å². The van der Waals surface area contributed by atoms with E-state index in [1.165, 1.54) is 0 Å². The van der Waals surface area contributed by atoms with Crippen LogP contribution in [0.25, 0.3) is 0 Å². The lowest BCUT2D eigenvalue weighted by Gasteiger charge is -2.34. The number of anilines is 2. The molecule has 2 aromatic rings. The largest absolute Gasteiger partial charge is 0.364 e. The maximum absolute atomic E-state index is 13.5. The smallest absolute Gasteiger partial charge is 0.196 e. The summed E-state index contributed by atoms with van der Waals surface area (Å²) in [6, 6.07) is 7.68. The maximum atomic E-state index is 13.5. The van der Waals surface area contributed by atoms with Crippen LogP contribution < -0.4 is 10.6 Å². The number of nitrogens with one attached hydrogen (secondary N) is 2. The second kappa shape index (κ2) is 6.93. The van der Waals surface area contributed by atoms with Crippen LogP contribution in [0.15, 0.2) is 24.3 Å². The molecule has 7 rings (SSSR count). The molecule has 0 radical (unpaired) electrons. The van der Waals surface area contributed by atoms with Crippen LogP contribution in [0.5, 0.6) is 0 Å². The first kappa shape index (κ1) is 19.3. The lowest BCUT2D eigenvalue weighted by molar-refractivity contribution is 0.0979. The van der Waals surface area contributed by atoms with E-state index in [1.54, 1.807) is 0 Å². The van der Waals surface area contributed by atoms with Crippen molar-refractivity contribution >= 4 is 22.9 Å². The van der Waals surface area contributed by atoms with Crippen LogP contribution in [-0.4, -0.2) is 47.5 Å². The Balaban J connectivity index is 1.80. The van der Waals surface area contributed by atoms with Gasteiger partial charge in [-0.3, -0.25) is 19.4 Å². The highest BCUT2D eigenvalue weighted by molar-refractivity contribution is 6.31. The third kappa shape index (κ3) is 2.44. The number of hydrogen-bond acceptors (Lipinski definition) is 6. The van der Waals surface area contributed by atoms with Gasteiger partial charge in [0.2, 0.25) is 0 Å². The fraction of sp³-hybridized carbons (Fsp3) is 0.417. The monoisotopic (exact) mass is 404 g/mol. The molecule has 4 heterocycles. The average Bonchev–Trinajstić information content (AvgIpc) is 2.99. The molecule has 6 heteroatoms. The van der Waals surface area contributed by atoms with Gasteiger partial charge in [0, 0.05) is 22.3 Å². The van der Waals surface area contributed by atoms with Crippen molar-refractivity contribution in [2.24, 2.45) is 0 Å². The van der Waals surface area contributed by atoms with E-state index in [4.69, 9.17) is 0 Å². The first-order chi connectivity index (χ1) is 14.5. The molecular formula is C24H28N4O2. The minimum Gasteiger partial charge on any atom is -0.364 e. The van der Waals surface area contributed by atoms with E-state index in [-0.39, 0.29) is 23.9 Å². The van der Waals surface area contributed by atoms with E-state index in [0.29, 0.717) is 22.3 Å². The molecule has 2 aromatic carbocycles. The molecule has 0 spiro atoms. The predicted molar refractivity (Wildman–Crippen MR) is 118 cm³/mol. The highest BCUT2D eigenvalue weighted by atomic mass is 16.1. The molecule has 0 saturated heterocycles. The Labute approximate surface area is 177 Å². The van der Waals surface area contributed by atoms with Crippen molar-refractivity contribution in [3.8, 4) is 0 Å². The number of nitrogens with zero attached hydrogens (tertiary/aromatic N) is 2. The van der Waals surface area contributed by atoms with Crippen molar-refractivity contribution < 1.29 is 9.59 Å². The molecule has 30 heavy (non-hydrogen) atoms. The SMILES string of the molecule is CCN(CC)C1Nc2c3cc4c(c2NC3N(CC)CC)C(=O)c2ccc1cc2C4=O. The standard InChI is InChI=1S/C24H28N4O2/c1-5-27(6-2)23-13-9-10-14-15(11-13)21(29)16-12-17-19(25-23)20(18(16)22(14)30)26-24(17)28(7-3)8-4/h9-12,23-26H,5-8H2,1-4H3. The summed E-state index contributed by atoms with van der Waals surface area (Å²) in [6.07, 6.45) is -0.117. The van der Waals surface area contributed by atoms with Crippen molar-refractivity contribution in [2.45, 2.75) is 40.0 Å². The summed E-state index contributed by atoms with van der Waals surface area (Å²) in [6.45, 7) is 12.1. The zero-order chi connectivity index (χ0) is 21.2. The van der Waals surface area contributed by atoms with Crippen LogP contribution in [0.2, 0.25) is 0 Å². The Morgan fingerprint density at radius 2 is 1.37 bits per heavy atom. The molecule has 8 bridgehead atoms.